The average Bonchev–Trinajstić information content (AvgIpc) is 3.34. The minimum Gasteiger partial charge on any atom is -1.00 e. The fourth-order valence-corrected chi connectivity index (χ4v) is 8.70. The van der Waals surface area contributed by atoms with E-state index < -0.39 is 28.9 Å². The number of hydrogen-bond acceptors (Lipinski definition) is 1. The highest BCUT2D eigenvalue weighted by Crippen LogP contribution is 2.56. The van der Waals surface area contributed by atoms with Crippen molar-refractivity contribution in [2.24, 2.45) is 0 Å². The molecule has 5 nitrogen and oxygen atoms in total. The molecule has 264 valence electrons. The molecule has 4 aliphatic rings. The number of alkyl halides is 6. The van der Waals surface area contributed by atoms with Gasteiger partial charge < -0.3 is 32.7 Å². The number of benzene rings is 3. The molecule has 4 saturated heterocycles. The summed E-state index contributed by atoms with van der Waals surface area (Å²) in [4.78, 5) is 15.3. The second-order valence-corrected chi connectivity index (χ2v) is 13.8. The van der Waals surface area contributed by atoms with Crippen LogP contribution in [0.2, 0.25) is 10.0 Å². The largest absolute Gasteiger partial charge is 1.00 e. The van der Waals surface area contributed by atoms with E-state index in [0.717, 1.165) is 48.9 Å². The Kier molecular flexibility index (Phi) is 11.6. The molecule has 14 heteroatoms. The molecule has 0 saturated carbocycles. The molecule has 4 N–H and O–H groups in total. The molecule has 0 aliphatic carbocycles. The van der Waals surface area contributed by atoms with Crippen molar-refractivity contribution in [3.05, 3.63) is 105 Å². The first-order chi connectivity index (χ1) is 21.1. The first-order valence-electron chi connectivity index (χ1n) is 15.0. The number of piperidine rings is 3. The Morgan fingerprint density at radius 3 is 1.94 bits per heavy atom. The van der Waals surface area contributed by atoms with Crippen molar-refractivity contribution in [3.8, 4) is 0 Å². The lowest BCUT2D eigenvalue weighted by atomic mass is 9.57. The minimum atomic E-state index is -4.98. The predicted octanol–water partition coefficient (Wildman–Crippen LogP) is 4.40. The molecule has 4 fully saturated rings. The number of rotatable bonds is 6. The topological polar surface area (TPSA) is 83.3 Å². The van der Waals surface area contributed by atoms with Gasteiger partial charge in [0.1, 0.15) is 6.04 Å². The van der Waals surface area contributed by atoms with Gasteiger partial charge in [-0.25, -0.2) is 0 Å². The van der Waals surface area contributed by atoms with Gasteiger partial charge >= 0.3 is 12.4 Å². The molecule has 2 atom stereocenters. The first kappa shape index (κ1) is 39.9. The average molecular weight is 742 g/mol. The summed E-state index contributed by atoms with van der Waals surface area (Å²) in [6.07, 6.45) is -7.14. The summed E-state index contributed by atoms with van der Waals surface area (Å²) in [5, 5.41) is 0.676. The van der Waals surface area contributed by atoms with Crippen molar-refractivity contribution >= 4 is 29.1 Å². The van der Waals surface area contributed by atoms with E-state index in [0.29, 0.717) is 22.2 Å². The Morgan fingerprint density at radius 1 is 0.833 bits per heavy atom. The summed E-state index contributed by atoms with van der Waals surface area (Å²) in [5.74, 6) is -0.322. The summed E-state index contributed by atoms with van der Waals surface area (Å²) in [6.45, 7) is 4.53. The molecule has 48 heavy (non-hydrogen) atoms. The highest BCUT2D eigenvalue weighted by Gasteiger charge is 2.64. The molecule has 4 heterocycles. The lowest BCUT2D eigenvalue weighted by Crippen LogP contribution is -3.00. The Morgan fingerprint density at radius 2 is 1.42 bits per heavy atom. The van der Waals surface area contributed by atoms with E-state index >= 15 is 0 Å². The molecule has 7 rings (SSSR count). The van der Waals surface area contributed by atoms with E-state index in [4.69, 9.17) is 23.2 Å². The van der Waals surface area contributed by atoms with Crippen LogP contribution in [0.5, 0.6) is 0 Å². The number of quaternary nitrogens is 1. The van der Waals surface area contributed by atoms with E-state index in [1.165, 1.54) is 10.5 Å². The van der Waals surface area contributed by atoms with E-state index in [1.807, 2.05) is 24.3 Å². The van der Waals surface area contributed by atoms with E-state index in [-0.39, 0.29) is 71.9 Å². The van der Waals surface area contributed by atoms with Crippen molar-refractivity contribution in [1.82, 2.24) is 4.90 Å². The normalized spacial score (nSPS) is 26.8. The SMILES string of the molecule is CC[N+]12CCC(c3ccccc3)(CC1)CC2C1(c2ccc(Cl)c(Cl)c2)CC(=O)N(Cc2cc(C(F)(F)F)cc(C(F)(F)F)c2)C1.O.O.[Cl-]. The van der Waals surface area contributed by atoms with Gasteiger partial charge in [0.2, 0.25) is 5.91 Å². The van der Waals surface area contributed by atoms with Crippen LogP contribution < -0.4 is 12.4 Å². The van der Waals surface area contributed by atoms with Gasteiger partial charge in [0.05, 0.1) is 46.2 Å². The lowest BCUT2D eigenvalue weighted by molar-refractivity contribution is -0.969. The van der Waals surface area contributed by atoms with Crippen LogP contribution in [0.1, 0.15) is 60.4 Å². The molecule has 0 spiro atoms. The van der Waals surface area contributed by atoms with Crippen LogP contribution in [0.4, 0.5) is 26.3 Å². The highest BCUT2D eigenvalue weighted by atomic mass is 35.5. The van der Waals surface area contributed by atoms with Gasteiger partial charge in [-0.15, -0.1) is 0 Å². The molecule has 4 aliphatic heterocycles. The maximum atomic E-state index is 13.9. The number of amides is 1. The maximum Gasteiger partial charge on any atom is 0.416 e. The minimum absolute atomic E-state index is 0. The van der Waals surface area contributed by atoms with Crippen molar-refractivity contribution < 1.29 is 59.0 Å². The fourth-order valence-electron chi connectivity index (χ4n) is 8.40. The van der Waals surface area contributed by atoms with Gasteiger partial charge in [-0.05, 0) is 53.9 Å². The third-order valence-corrected chi connectivity index (χ3v) is 11.5. The summed E-state index contributed by atoms with van der Waals surface area (Å²) in [5.41, 5.74) is -1.87. The summed E-state index contributed by atoms with van der Waals surface area (Å²) >= 11 is 12.8. The van der Waals surface area contributed by atoms with Crippen LogP contribution in [0.25, 0.3) is 0 Å². The van der Waals surface area contributed by atoms with Crippen molar-refractivity contribution in [1.29, 1.82) is 0 Å². The molecule has 2 bridgehead atoms. The van der Waals surface area contributed by atoms with Gasteiger partial charge in [-0.2, -0.15) is 26.3 Å². The molecule has 3 aromatic rings. The van der Waals surface area contributed by atoms with Crippen LogP contribution in [0, 0.1) is 0 Å². The number of hydrogen-bond donors (Lipinski definition) is 0. The van der Waals surface area contributed by atoms with Crippen LogP contribution >= 0.6 is 23.2 Å². The van der Waals surface area contributed by atoms with Crippen LogP contribution in [-0.4, -0.2) is 58.5 Å². The monoisotopic (exact) mass is 740 g/mol. The lowest BCUT2D eigenvalue weighted by Gasteiger charge is -2.63. The third-order valence-electron chi connectivity index (χ3n) is 10.8. The Bertz CT molecular complexity index is 1580. The van der Waals surface area contributed by atoms with Gasteiger partial charge in [0.25, 0.3) is 0 Å². The van der Waals surface area contributed by atoms with Crippen LogP contribution in [0.15, 0.2) is 66.7 Å². The number of fused-ring (bicyclic) bond motifs is 3. The number of nitrogens with zero attached hydrogens (tertiary/aromatic N) is 2. The Hall–Kier alpha value is -2.54. The van der Waals surface area contributed by atoms with Crippen molar-refractivity contribution in [2.75, 3.05) is 26.2 Å². The molecule has 3 aromatic carbocycles. The van der Waals surface area contributed by atoms with Gasteiger partial charge in [0, 0.05) is 44.2 Å². The Labute approximate surface area is 291 Å². The van der Waals surface area contributed by atoms with Crippen LogP contribution in [0.3, 0.4) is 0 Å². The molecule has 1 amide bonds. The highest BCUT2D eigenvalue weighted by molar-refractivity contribution is 6.42. The number of carbonyl (C=O) groups is 1. The molecular formula is C34H37Cl3F6N2O3. The summed E-state index contributed by atoms with van der Waals surface area (Å²) in [7, 11) is 0. The van der Waals surface area contributed by atoms with Crippen molar-refractivity contribution in [2.45, 2.75) is 68.4 Å². The number of carbonyl (C=O) groups excluding carboxylic acids is 1. The van der Waals surface area contributed by atoms with E-state index in [1.54, 1.807) is 12.1 Å². The maximum absolute atomic E-state index is 13.9. The number of likely N-dealkylation sites (N-methyl/N-ethyl adjacent to an activating group) is 1. The summed E-state index contributed by atoms with van der Waals surface area (Å²) < 4.78 is 82.7. The standard InChI is InChI=1S/C34H33Cl2F6N2O.ClH.2H2O/c1-2-44-12-10-31(11-13-44,23-6-4-3-5-7-23)18-29(44)32(24-8-9-27(35)28(36)17-24)19-30(45)43(21-32)20-22-14-25(33(37,38)39)16-26(15-22)34(40,41)42;;;/h3-9,14-17,29H,2,10-13,18-21H2,1H3;1H;2*1H2/q+1;;;/p-1. The summed E-state index contributed by atoms with van der Waals surface area (Å²) in [6, 6.07) is 17.2. The number of likely N-dealkylation sites (tertiary alicyclic amines) is 1. The van der Waals surface area contributed by atoms with Crippen LogP contribution in [-0.2, 0) is 34.5 Å². The Balaban J connectivity index is 0.00000208. The molecule has 2 unspecified atom stereocenters. The molecule has 0 aromatic heterocycles. The smallest absolute Gasteiger partial charge is 0.416 e. The predicted molar refractivity (Wildman–Crippen MR) is 168 cm³/mol. The van der Waals surface area contributed by atoms with Crippen molar-refractivity contribution in [3.63, 3.8) is 0 Å². The first-order valence-corrected chi connectivity index (χ1v) is 15.8. The quantitative estimate of drug-likeness (QED) is 0.273. The zero-order valence-corrected chi connectivity index (χ0v) is 28.3. The van der Waals surface area contributed by atoms with Gasteiger partial charge in [0.15, 0.2) is 0 Å². The van der Waals surface area contributed by atoms with Gasteiger partial charge in [-0.1, -0.05) is 59.6 Å². The number of halogens is 9. The second kappa shape index (κ2) is 14.0. The van der Waals surface area contributed by atoms with Gasteiger partial charge in [-0.3, -0.25) is 4.79 Å². The second-order valence-electron chi connectivity index (χ2n) is 13.0. The fraction of sp³-hybridized carbons (Fsp3) is 0.441. The molecular weight excluding hydrogens is 705 g/mol. The van der Waals surface area contributed by atoms with E-state index in [2.05, 4.69) is 19.1 Å². The third kappa shape index (κ3) is 6.91. The van der Waals surface area contributed by atoms with E-state index in [9.17, 15) is 31.1 Å². The zero-order chi connectivity index (χ0) is 32.4. The zero-order valence-electron chi connectivity index (χ0n) is 26.0. The molecule has 0 radical (unpaired) electrons.